The maximum Gasteiger partial charge on any atom is 0.344 e. The van der Waals surface area contributed by atoms with Crippen molar-refractivity contribution in [3.05, 3.63) is 28.9 Å². The molecule has 1 aromatic heterocycles. The molecule has 0 saturated carbocycles. The minimum absolute atomic E-state index is 0.303. The van der Waals surface area contributed by atoms with E-state index in [-0.39, 0.29) is 5.69 Å². The Morgan fingerprint density at radius 3 is 2.23 bits per heavy atom. The van der Waals surface area contributed by atoms with Crippen LogP contribution in [0, 0.1) is 0 Å². The lowest BCUT2D eigenvalue weighted by atomic mass is 10.2. The SMILES string of the molecule is C1CCNCC1.O=c1nccc[nH]1. The summed E-state index contributed by atoms with van der Waals surface area (Å²) >= 11 is 0. The number of piperidine rings is 1. The Bertz CT molecular complexity index is 239. The molecule has 0 bridgehead atoms. The molecule has 1 saturated heterocycles. The monoisotopic (exact) mass is 181 g/mol. The van der Waals surface area contributed by atoms with E-state index in [1.807, 2.05) is 0 Å². The quantitative estimate of drug-likeness (QED) is 0.614. The summed E-state index contributed by atoms with van der Waals surface area (Å²) < 4.78 is 0. The number of nitrogens with one attached hydrogen (secondary N) is 2. The van der Waals surface area contributed by atoms with Gasteiger partial charge in [-0.05, 0) is 32.0 Å². The van der Waals surface area contributed by atoms with Crippen LogP contribution in [0.5, 0.6) is 0 Å². The zero-order chi connectivity index (χ0) is 9.36. The molecule has 4 heteroatoms. The van der Waals surface area contributed by atoms with Crippen molar-refractivity contribution in [1.29, 1.82) is 0 Å². The van der Waals surface area contributed by atoms with Gasteiger partial charge in [0.2, 0.25) is 0 Å². The number of rotatable bonds is 0. The predicted octanol–water partition coefficient (Wildman–Crippen LogP) is 0.530. The van der Waals surface area contributed by atoms with Gasteiger partial charge in [0.05, 0.1) is 0 Å². The zero-order valence-electron chi connectivity index (χ0n) is 7.62. The summed E-state index contributed by atoms with van der Waals surface area (Å²) in [6.45, 7) is 2.50. The molecule has 2 rings (SSSR count). The van der Waals surface area contributed by atoms with Crippen molar-refractivity contribution < 1.29 is 0 Å². The van der Waals surface area contributed by atoms with E-state index in [1.165, 1.54) is 44.7 Å². The van der Waals surface area contributed by atoms with E-state index in [0.29, 0.717) is 0 Å². The first-order valence-electron chi connectivity index (χ1n) is 4.60. The minimum Gasteiger partial charge on any atom is -0.317 e. The van der Waals surface area contributed by atoms with Crippen molar-refractivity contribution in [2.24, 2.45) is 0 Å². The second kappa shape index (κ2) is 6.37. The summed E-state index contributed by atoms with van der Waals surface area (Å²) in [5, 5.41) is 3.28. The van der Waals surface area contributed by atoms with E-state index < -0.39 is 0 Å². The van der Waals surface area contributed by atoms with Crippen LogP contribution in [0.2, 0.25) is 0 Å². The molecule has 0 aliphatic carbocycles. The van der Waals surface area contributed by atoms with Crippen LogP contribution < -0.4 is 11.0 Å². The third kappa shape index (κ3) is 5.14. The number of hydrogen-bond donors (Lipinski definition) is 2. The molecular formula is C9H15N3O. The van der Waals surface area contributed by atoms with Crippen molar-refractivity contribution in [1.82, 2.24) is 15.3 Å². The van der Waals surface area contributed by atoms with Gasteiger partial charge in [-0.2, -0.15) is 0 Å². The van der Waals surface area contributed by atoms with Crippen LogP contribution in [-0.2, 0) is 0 Å². The van der Waals surface area contributed by atoms with Crippen LogP contribution in [0.4, 0.5) is 0 Å². The second-order valence-corrected chi connectivity index (χ2v) is 2.90. The average molecular weight is 181 g/mol. The molecule has 2 heterocycles. The van der Waals surface area contributed by atoms with Gasteiger partial charge in [-0.15, -0.1) is 0 Å². The lowest BCUT2D eigenvalue weighted by Gasteiger charge is -2.08. The van der Waals surface area contributed by atoms with Crippen LogP contribution in [-0.4, -0.2) is 23.1 Å². The molecule has 13 heavy (non-hydrogen) atoms. The van der Waals surface area contributed by atoms with Gasteiger partial charge in [0, 0.05) is 12.4 Å². The van der Waals surface area contributed by atoms with Crippen LogP contribution in [0.1, 0.15) is 19.3 Å². The molecule has 4 nitrogen and oxygen atoms in total. The van der Waals surface area contributed by atoms with E-state index in [4.69, 9.17) is 0 Å². The summed E-state index contributed by atoms with van der Waals surface area (Å²) in [5.74, 6) is 0. The average Bonchev–Trinajstić information content (AvgIpc) is 2.22. The van der Waals surface area contributed by atoms with Gasteiger partial charge in [-0.1, -0.05) is 6.42 Å². The number of H-pyrrole nitrogens is 1. The Hall–Kier alpha value is -1.16. The Kier molecular flexibility index (Phi) is 4.86. The van der Waals surface area contributed by atoms with Crippen molar-refractivity contribution in [2.45, 2.75) is 19.3 Å². The third-order valence-corrected chi connectivity index (χ3v) is 1.79. The topological polar surface area (TPSA) is 57.8 Å². The summed E-state index contributed by atoms with van der Waals surface area (Å²) in [6, 6.07) is 1.65. The fourth-order valence-electron chi connectivity index (χ4n) is 1.11. The van der Waals surface area contributed by atoms with E-state index in [1.54, 1.807) is 6.07 Å². The lowest BCUT2D eigenvalue weighted by Crippen LogP contribution is -2.21. The summed E-state index contributed by atoms with van der Waals surface area (Å²) in [7, 11) is 0. The maximum atomic E-state index is 10.1. The molecule has 0 radical (unpaired) electrons. The summed E-state index contributed by atoms with van der Waals surface area (Å²) in [4.78, 5) is 15.8. The molecule has 0 unspecified atom stereocenters. The Morgan fingerprint density at radius 1 is 1.23 bits per heavy atom. The molecule has 0 spiro atoms. The number of nitrogens with zero attached hydrogens (tertiary/aromatic N) is 1. The first-order valence-corrected chi connectivity index (χ1v) is 4.60. The molecular weight excluding hydrogens is 166 g/mol. The van der Waals surface area contributed by atoms with Gasteiger partial charge in [0.1, 0.15) is 0 Å². The van der Waals surface area contributed by atoms with Crippen molar-refractivity contribution >= 4 is 0 Å². The molecule has 0 atom stereocenters. The van der Waals surface area contributed by atoms with Crippen LogP contribution in [0.3, 0.4) is 0 Å². The highest BCUT2D eigenvalue weighted by Gasteiger charge is 1.93. The molecule has 0 aromatic carbocycles. The molecule has 1 aromatic rings. The smallest absolute Gasteiger partial charge is 0.317 e. The van der Waals surface area contributed by atoms with Gasteiger partial charge in [-0.3, -0.25) is 0 Å². The number of aromatic amines is 1. The Labute approximate surface area is 77.4 Å². The van der Waals surface area contributed by atoms with E-state index in [9.17, 15) is 4.79 Å². The van der Waals surface area contributed by atoms with Gasteiger partial charge < -0.3 is 10.3 Å². The highest BCUT2D eigenvalue weighted by Crippen LogP contribution is 1.96. The van der Waals surface area contributed by atoms with Crippen LogP contribution >= 0.6 is 0 Å². The predicted molar refractivity (Wildman–Crippen MR) is 51.6 cm³/mol. The highest BCUT2D eigenvalue weighted by atomic mass is 16.1. The van der Waals surface area contributed by atoms with Crippen molar-refractivity contribution in [3.63, 3.8) is 0 Å². The summed E-state index contributed by atoms with van der Waals surface area (Å²) in [5.41, 5.74) is -0.303. The van der Waals surface area contributed by atoms with Gasteiger partial charge in [0.25, 0.3) is 0 Å². The number of hydrogen-bond acceptors (Lipinski definition) is 3. The Morgan fingerprint density at radius 2 is 2.00 bits per heavy atom. The fourth-order valence-corrected chi connectivity index (χ4v) is 1.11. The van der Waals surface area contributed by atoms with Crippen molar-refractivity contribution in [3.8, 4) is 0 Å². The first kappa shape index (κ1) is 9.92. The lowest BCUT2D eigenvalue weighted by molar-refractivity contribution is 0.520. The molecule has 2 N–H and O–H groups in total. The number of aromatic nitrogens is 2. The van der Waals surface area contributed by atoms with Crippen LogP contribution in [0.25, 0.3) is 0 Å². The van der Waals surface area contributed by atoms with E-state index in [2.05, 4.69) is 15.3 Å². The van der Waals surface area contributed by atoms with E-state index in [0.717, 1.165) is 0 Å². The first-order chi connectivity index (χ1) is 6.39. The van der Waals surface area contributed by atoms with Gasteiger partial charge >= 0.3 is 5.69 Å². The molecule has 1 aliphatic rings. The second-order valence-electron chi connectivity index (χ2n) is 2.90. The largest absolute Gasteiger partial charge is 0.344 e. The summed E-state index contributed by atoms with van der Waals surface area (Å²) in [6.07, 6.45) is 7.20. The Balaban J connectivity index is 0.000000132. The highest BCUT2D eigenvalue weighted by molar-refractivity contribution is 4.75. The minimum atomic E-state index is -0.303. The zero-order valence-corrected chi connectivity index (χ0v) is 7.62. The molecule has 0 amide bonds. The van der Waals surface area contributed by atoms with Gasteiger partial charge in [-0.25, -0.2) is 9.78 Å². The van der Waals surface area contributed by atoms with Crippen LogP contribution in [0.15, 0.2) is 23.3 Å². The van der Waals surface area contributed by atoms with Crippen molar-refractivity contribution in [2.75, 3.05) is 13.1 Å². The third-order valence-electron chi connectivity index (χ3n) is 1.79. The standard InChI is InChI=1S/C5H11N.C4H4N2O/c1-2-4-6-5-3-1;7-4-5-2-1-3-6-4/h6H,1-5H2;1-3H,(H,5,6,7). The maximum absolute atomic E-state index is 10.1. The van der Waals surface area contributed by atoms with E-state index >= 15 is 0 Å². The normalized spacial score (nSPS) is 15.7. The molecule has 1 fully saturated rings. The molecule has 1 aliphatic heterocycles. The van der Waals surface area contributed by atoms with Gasteiger partial charge in [0.15, 0.2) is 0 Å². The fraction of sp³-hybridized carbons (Fsp3) is 0.556. The molecule has 72 valence electrons.